The van der Waals surface area contributed by atoms with Gasteiger partial charge in [0.1, 0.15) is 22.9 Å². The number of barbiturate groups is 1. The van der Waals surface area contributed by atoms with Crippen molar-refractivity contribution in [3.8, 4) is 11.5 Å². The number of hydrogen-bond acceptors (Lipinski definition) is 4. The van der Waals surface area contributed by atoms with Gasteiger partial charge in [-0.3, -0.25) is 14.9 Å². The predicted molar refractivity (Wildman–Crippen MR) is 108 cm³/mol. The number of nitrogens with one attached hydrogen (secondary N) is 1. The van der Waals surface area contributed by atoms with Gasteiger partial charge in [0.15, 0.2) is 0 Å². The average molecular weight is 402 g/mol. The Bertz CT molecular complexity index is 1160. The summed E-state index contributed by atoms with van der Waals surface area (Å²) in [6.07, 6.45) is 1.37. The molecule has 1 fully saturated rings. The number of imide groups is 2. The van der Waals surface area contributed by atoms with Crippen molar-refractivity contribution < 1.29 is 23.5 Å². The number of halogens is 1. The van der Waals surface area contributed by atoms with Crippen LogP contribution in [-0.4, -0.2) is 17.8 Å². The molecule has 4 amide bonds. The van der Waals surface area contributed by atoms with Crippen molar-refractivity contribution in [3.05, 3.63) is 95.8 Å². The summed E-state index contributed by atoms with van der Waals surface area (Å²) >= 11 is 0. The highest BCUT2D eigenvalue weighted by molar-refractivity contribution is 6.39. The van der Waals surface area contributed by atoms with Gasteiger partial charge in [0.25, 0.3) is 11.8 Å². The number of nitrogens with zero attached hydrogens (tertiary/aromatic N) is 1. The van der Waals surface area contributed by atoms with Gasteiger partial charge in [0.05, 0.1) is 5.69 Å². The van der Waals surface area contributed by atoms with E-state index in [-0.39, 0.29) is 11.3 Å². The number of amides is 4. The quantitative estimate of drug-likeness (QED) is 0.522. The summed E-state index contributed by atoms with van der Waals surface area (Å²) in [6.45, 7) is 0. The van der Waals surface area contributed by atoms with Gasteiger partial charge in [0.2, 0.25) is 0 Å². The molecule has 6 nitrogen and oxygen atoms in total. The number of para-hydroxylation sites is 1. The number of carbonyl (C=O) groups excluding carboxylic acids is 3. The van der Waals surface area contributed by atoms with Crippen molar-refractivity contribution in [2.45, 2.75) is 0 Å². The van der Waals surface area contributed by atoms with Gasteiger partial charge in [-0.25, -0.2) is 14.1 Å². The third kappa shape index (κ3) is 3.95. The maximum atomic E-state index is 13.2. The molecule has 1 N–H and O–H groups in total. The van der Waals surface area contributed by atoms with Gasteiger partial charge in [-0.2, -0.15) is 0 Å². The van der Waals surface area contributed by atoms with E-state index >= 15 is 0 Å². The van der Waals surface area contributed by atoms with Gasteiger partial charge in [-0.15, -0.1) is 0 Å². The molecular formula is C23H15FN2O4. The standard InChI is InChI=1S/C23H15FN2O4/c24-16-9-11-17(12-10-16)26-22(28)20(21(27)25-23(26)29)14-15-5-4-8-19(13-15)30-18-6-2-1-3-7-18/h1-14H,(H,25,27,29)/b20-14+. The Morgan fingerprint density at radius 2 is 1.53 bits per heavy atom. The number of anilines is 1. The van der Waals surface area contributed by atoms with Crippen LogP contribution in [0.3, 0.4) is 0 Å². The number of benzene rings is 3. The van der Waals surface area contributed by atoms with Crippen LogP contribution in [0.1, 0.15) is 5.56 Å². The molecule has 0 bridgehead atoms. The molecule has 1 heterocycles. The van der Waals surface area contributed by atoms with E-state index in [0.29, 0.717) is 17.1 Å². The lowest BCUT2D eigenvalue weighted by atomic mass is 10.1. The molecule has 0 aromatic heterocycles. The zero-order chi connectivity index (χ0) is 21.1. The Kier molecular flexibility index (Phi) is 5.09. The average Bonchev–Trinajstić information content (AvgIpc) is 2.73. The van der Waals surface area contributed by atoms with E-state index in [9.17, 15) is 18.8 Å². The van der Waals surface area contributed by atoms with Crippen LogP contribution < -0.4 is 15.0 Å². The smallest absolute Gasteiger partial charge is 0.335 e. The van der Waals surface area contributed by atoms with Crippen molar-refractivity contribution in [1.29, 1.82) is 0 Å². The van der Waals surface area contributed by atoms with Crippen LogP contribution in [0.25, 0.3) is 6.08 Å². The summed E-state index contributed by atoms with van der Waals surface area (Å²) < 4.78 is 19.0. The summed E-state index contributed by atoms with van der Waals surface area (Å²) in [5, 5.41) is 2.13. The van der Waals surface area contributed by atoms with Crippen molar-refractivity contribution in [2.24, 2.45) is 0 Å². The topological polar surface area (TPSA) is 75.7 Å². The van der Waals surface area contributed by atoms with Gasteiger partial charge in [-0.05, 0) is 60.2 Å². The summed E-state index contributed by atoms with van der Waals surface area (Å²) in [5.41, 5.74) is 0.463. The lowest BCUT2D eigenvalue weighted by Gasteiger charge is -2.26. The van der Waals surface area contributed by atoms with Crippen LogP contribution in [0.5, 0.6) is 11.5 Å². The first-order valence-electron chi connectivity index (χ1n) is 9.01. The SMILES string of the molecule is O=C1NC(=O)N(c2ccc(F)cc2)C(=O)/C1=C/c1cccc(Oc2ccccc2)c1. The molecule has 148 valence electrons. The molecule has 30 heavy (non-hydrogen) atoms. The summed E-state index contributed by atoms with van der Waals surface area (Å²) in [6, 6.07) is 19.9. The maximum absolute atomic E-state index is 13.2. The van der Waals surface area contributed by atoms with Crippen LogP contribution in [0.4, 0.5) is 14.9 Å². The fraction of sp³-hybridized carbons (Fsp3) is 0. The van der Waals surface area contributed by atoms with E-state index in [2.05, 4.69) is 5.32 Å². The van der Waals surface area contributed by atoms with Crippen molar-refractivity contribution >= 4 is 29.6 Å². The maximum Gasteiger partial charge on any atom is 0.335 e. The van der Waals surface area contributed by atoms with E-state index in [1.54, 1.807) is 36.4 Å². The molecule has 3 aromatic rings. The third-order valence-electron chi connectivity index (χ3n) is 4.33. The highest BCUT2D eigenvalue weighted by Crippen LogP contribution is 2.25. The van der Waals surface area contributed by atoms with Crippen molar-refractivity contribution in [1.82, 2.24) is 5.32 Å². The molecule has 1 aliphatic rings. The first-order valence-corrected chi connectivity index (χ1v) is 9.01. The highest BCUT2D eigenvalue weighted by Gasteiger charge is 2.36. The van der Waals surface area contributed by atoms with Gasteiger partial charge in [0, 0.05) is 0 Å². The zero-order valence-corrected chi connectivity index (χ0v) is 15.5. The van der Waals surface area contributed by atoms with Crippen molar-refractivity contribution in [3.63, 3.8) is 0 Å². The van der Waals surface area contributed by atoms with Crippen LogP contribution in [0.15, 0.2) is 84.4 Å². The molecule has 7 heteroatoms. The van der Waals surface area contributed by atoms with Gasteiger partial charge in [-0.1, -0.05) is 30.3 Å². The molecule has 3 aromatic carbocycles. The Morgan fingerprint density at radius 3 is 2.27 bits per heavy atom. The van der Waals surface area contributed by atoms with Crippen LogP contribution in [-0.2, 0) is 9.59 Å². The second-order valence-electron chi connectivity index (χ2n) is 6.42. The minimum atomic E-state index is -0.894. The Labute approximate surface area is 171 Å². The molecule has 0 radical (unpaired) electrons. The molecule has 1 saturated heterocycles. The predicted octanol–water partition coefficient (Wildman–Crippen LogP) is 4.28. The lowest BCUT2D eigenvalue weighted by Crippen LogP contribution is -2.54. The number of urea groups is 1. The fourth-order valence-corrected chi connectivity index (χ4v) is 2.94. The van der Waals surface area contributed by atoms with E-state index in [0.717, 1.165) is 17.0 Å². The molecule has 0 atom stereocenters. The van der Waals surface area contributed by atoms with Crippen LogP contribution in [0.2, 0.25) is 0 Å². The number of hydrogen-bond donors (Lipinski definition) is 1. The van der Waals surface area contributed by atoms with Gasteiger partial charge >= 0.3 is 6.03 Å². The minimum absolute atomic E-state index is 0.151. The number of carbonyl (C=O) groups is 3. The molecule has 4 rings (SSSR count). The highest BCUT2D eigenvalue weighted by atomic mass is 19.1. The normalized spacial score (nSPS) is 15.3. The Balaban J connectivity index is 1.64. The van der Waals surface area contributed by atoms with E-state index in [4.69, 9.17) is 4.74 Å². The second kappa shape index (κ2) is 8.00. The van der Waals surface area contributed by atoms with E-state index in [1.165, 1.54) is 18.2 Å². The van der Waals surface area contributed by atoms with E-state index < -0.39 is 23.7 Å². The molecule has 0 unspecified atom stereocenters. The monoisotopic (exact) mass is 402 g/mol. The molecular weight excluding hydrogens is 387 g/mol. The largest absolute Gasteiger partial charge is 0.457 e. The van der Waals surface area contributed by atoms with Gasteiger partial charge < -0.3 is 4.74 Å². The first-order chi connectivity index (χ1) is 14.5. The zero-order valence-electron chi connectivity index (χ0n) is 15.5. The first kappa shape index (κ1) is 19.1. The number of rotatable bonds is 4. The Morgan fingerprint density at radius 1 is 0.833 bits per heavy atom. The van der Waals surface area contributed by atoms with Crippen molar-refractivity contribution in [2.75, 3.05) is 4.90 Å². The third-order valence-corrected chi connectivity index (χ3v) is 4.33. The lowest BCUT2D eigenvalue weighted by molar-refractivity contribution is -0.122. The summed E-state index contributed by atoms with van der Waals surface area (Å²) in [4.78, 5) is 38.1. The second-order valence-corrected chi connectivity index (χ2v) is 6.42. The summed E-state index contributed by atoms with van der Waals surface area (Å²) in [5.74, 6) is -0.958. The Hall–Kier alpha value is -4.26. The fourth-order valence-electron chi connectivity index (χ4n) is 2.94. The van der Waals surface area contributed by atoms with E-state index in [1.807, 2.05) is 18.2 Å². The molecule has 0 aliphatic carbocycles. The van der Waals surface area contributed by atoms with Crippen LogP contribution in [0, 0.1) is 5.82 Å². The number of ether oxygens (including phenoxy) is 1. The minimum Gasteiger partial charge on any atom is -0.457 e. The van der Waals surface area contributed by atoms with Crippen LogP contribution >= 0.6 is 0 Å². The molecule has 1 aliphatic heterocycles. The summed E-state index contributed by atoms with van der Waals surface area (Å²) in [7, 11) is 0. The molecule has 0 spiro atoms. The molecule has 0 saturated carbocycles.